The Hall–Kier alpha value is -1.22. The van der Waals surface area contributed by atoms with Gasteiger partial charge in [-0.15, -0.1) is 0 Å². The van der Waals surface area contributed by atoms with Crippen molar-refractivity contribution >= 4 is 17.6 Å². The molecule has 1 saturated carbocycles. The van der Waals surface area contributed by atoms with Gasteiger partial charge in [-0.05, 0) is 49.3 Å². The first-order valence-corrected chi connectivity index (χ1v) is 6.63. The van der Waals surface area contributed by atoms with Gasteiger partial charge in [0.25, 0.3) is 0 Å². The van der Waals surface area contributed by atoms with Gasteiger partial charge in [-0.1, -0.05) is 17.7 Å². The Kier molecular flexibility index (Phi) is 4.12. The minimum absolute atomic E-state index is 0.0793. The highest BCUT2D eigenvalue weighted by atomic mass is 35.5. The van der Waals surface area contributed by atoms with Crippen LogP contribution in [0.25, 0.3) is 0 Å². The SMILES string of the molecule is CCOc1ccc(C(CC(=O)O)C2CC2)cc1Cl. The minimum atomic E-state index is -0.753. The van der Waals surface area contributed by atoms with Crippen molar-refractivity contribution in [2.75, 3.05) is 6.61 Å². The molecule has 0 radical (unpaired) electrons. The molecule has 98 valence electrons. The van der Waals surface area contributed by atoms with Crippen LogP contribution in [0.15, 0.2) is 18.2 Å². The Bertz CT molecular complexity index is 441. The highest BCUT2D eigenvalue weighted by Gasteiger charge is 2.33. The van der Waals surface area contributed by atoms with E-state index in [9.17, 15) is 4.79 Å². The number of carboxylic acid groups (broad SMARTS) is 1. The van der Waals surface area contributed by atoms with Gasteiger partial charge in [0.05, 0.1) is 18.1 Å². The highest BCUT2D eigenvalue weighted by Crippen LogP contribution is 2.45. The summed E-state index contributed by atoms with van der Waals surface area (Å²) in [4.78, 5) is 10.9. The molecule has 1 aliphatic carbocycles. The number of carboxylic acids is 1. The highest BCUT2D eigenvalue weighted by molar-refractivity contribution is 6.32. The molecule has 0 bridgehead atoms. The maximum atomic E-state index is 10.9. The van der Waals surface area contributed by atoms with Crippen LogP contribution in [0.3, 0.4) is 0 Å². The number of carbonyl (C=O) groups is 1. The second-order valence-corrected chi connectivity index (χ2v) is 5.07. The van der Waals surface area contributed by atoms with Crippen molar-refractivity contribution in [3.05, 3.63) is 28.8 Å². The Morgan fingerprint density at radius 3 is 2.78 bits per heavy atom. The van der Waals surface area contributed by atoms with Crippen LogP contribution in [0.5, 0.6) is 5.75 Å². The third-order valence-electron chi connectivity index (χ3n) is 3.27. The molecule has 4 heteroatoms. The van der Waals surface area contributed by atoms with E-state index < -0.39 is 5.97 Å². The number of aliphatic carboxylic acids is 1. The topological polar surface area (TPSA) is 46.5 Å². The van der Waals surface area contributed by atoms with Gasteiger partial charge in [-0.3, -0.25) is 4.79 Å². The molecule has 0 heterocycles. The molecule has 18 heavy (non-hydrogen) atoms. The van der Waals surface area contributed by atoms with Gasteiger partial charge in [-0.2, -0.15) is 0 Å². The van der Waals surface area contributed by atoms with Crippen LogP contribution in [-0.4, -0.2) is 17.7 Å². The molecule has 0 aliphatic heterocycles. The van der Waals surface area contributed by atoms with Crippen LogP contribution < -0.4 is 4.74 Å². The third-order valence-corrected chi connectivity index (χ3v) is 3.56. The molecule has 1 aliphatic rings. The Morgan fingerprint density at radius 2 is 2.28 bits per heavy atom. The maximum absolute atomic E-state index is 10.9. The van der Waals surface area contributed by atoms with Crippen molar-refractivity contribution in [3.63, 3.8) is 0 Å². The lowest BCUT2D eigenvalue weighted by atomic mass is 9.91. The average molecular weight is 269 g/mol. The molecule has 0 saturated heterocycles. The second-order valence-electron chi connectivity index (χ2n) is 4.66. The standard InChI is InChI=1S/C14H17ClO3/c1-2-18-13-6-5-10(7-12(13)15)11(8-14(16)17)9-3-4-9/h5-7,9,11H,2-4,8H2,1H3,(H,16,17). The molecule has 0 amide bonds. The van der Waals surface area contributed by atoms with Crippen molar-refractivity contribution in [1.29, 1.82) is 0 Å². The van der Waals surface area contributed by atoms with Gasteiger partial charge in [0.1, 0.15) is 5.75 Å². The predicted octanol–water partition coefficient (Wildman–Crippen LogP) is 3.71. The number of benzene rings is 1. The molecular weight excluding hydrogens is 252 g/mol. The lowest BCUT2D eigenvalue weighted by Gasteiger charge is -2.16. The van der Waals surface area contributed by atoms with Gasteiger partial charge in [0.15, 0.2) is 0 Å². The number of hydrogen-bond acceptors (Lipinski definition) is 2. The number of ether oxygens (including phenoxy) is 1. The first-order chi connectivity index (χ1) is 8.61. The first kappa shape index (κ1) is 13.2. The molecule has 1 N–H and O–H groups in total. The lowest BCUT2D eigenvalue weighted by molar-refractivity contribution is -0.137. The van der Waals surface area contributed by atoms with E-state index >= 15 is 0 Å². The molecule has 1 unspecified atom stereocenters. The molecule has 3 nitrogen and oxygen atoms in total. The fourth-order valence-electron chi connectivity index (χ4n) is 2.26. The van der Waals surface area contributed by atoms with Crippen LogP contribution in [0.4, 0.5) is 0 Å². The molecule has 0 spiro atoms. The van der Waals surface area contributed by atoms with E-state index in [1.807, 2.05) is 25.1 Å². The number of rotatable bonds is 6. The summed E-state index contributed by atoms with van der Waals surface area (Å²) in [5, 5.41) is 9.53. The summed E-state index contributed by atoms with van der Waals surface area (Å²) in [6.07, 6.45) is 2.40. The summed E-state index contributed by atoms with van der Waals surface area (Å²) in [6.45, 7) is 2.47. The molecule has 0 aromatic heterocycles. The molecular formula is C14H17ClO3. The zero-order valence-corrected chi connectivity index (χ0v) is 11.1. The smallest absolute Gasteiger partial charge is 0.303 e. The predicted molar refractivity (Wildman–Crippen MR) is 70.3 cm³/mol. The molecule has 2 rings (SSSR count). The van der Waals surface area contributed by atoms with Gasteiger partial charge in [0.2, 0.25) is 0 Å². The van der Waals surface area contributed by atoms with Crippen molar-refractivity contribution in [2.24, 2.45) is 5.92 Å². The number of hydrogen-bond donors (Lipinski definition) is 1. The Morgan fingerprint density at radius 1 is 1.56 bits per heavy atom. The normalized spacial score (nSPS) is 16.3. The van der Waals surface area contributed by atoms with Crippen LogP contribution in [-0.2, 0) is 4.79 Å². The average Bonchev–Trinajstić information content (AvgIpc) is 3.13. The molecule has 1 fully saturated rings. The van der Waals surface area contributed by atoms with Crippen LogP contribution in [0.1, 0.15) is 37.7 Å². The first-order valence-electron chi connectivity index (χ1n) is 6.25. The van der Waals surface area contributed by atoms with Gasteiger partial charge in [-0.25, -0.2) is 0 Å². The monoisotopic (exact) mass is 268 g/mol. The van der Waals surface area contributed by atoms with E-state index in [4.69, 9.17) is 21.4 Å². The van der Waals surface area contributed by atoms with E-state index in [1.54, 1.807) is 0 Å². The van der Waals surface area contributed by atoms with E-state index in [0.29, 0.717) is 23.3 Å². The van der Waals surface area contributed by atoms with Crippen LogP contribution >= 0.6 is 11.6 Å². The summed E-state index contributed by atoms with van der Waals surface area (Å²) in [5.74, 6) is 0.482. The van der Waals surface area contributed by atoms with Crippen molar-refractivity contribution in [2.45, 2.75) is 32.1 Å². The summed E-state index contributed by atoms with van der Waals surface area (Å²) in [6, 6.07) is 5.61. The van der Waals surface area contributed by atoms with Crippen molar-refractivity contribution in [3.8, 4) is 5.75 Å². The molecule has 1 atom stereocenters. The summed E-state index contributed by atoms with van der Waals surface area (Å²) < 4.78 is 5.38. The zero-order chi connectivity index (χ0) is 13.1. The Labute approximate surface area is 112 Å². The second kappa shape index (κ2) is 5.61. The van der Waals surface area contributed by atoms with Crippen LogP contribution in [0.2, 0.25) is 5.02 Å². The quantitative estimate of drug-likeness (QED) is 0.856. The summed E-state index contributed by atoms with van der Waals surface area (Å²) in [5.41, 5.74) is 1.01. The van der Waals surface area contributed by atoms with E-state index in [0.717, 1.165) is 18.4 Å². The fourth-order valence-corrected chi connectivity index (χ4v) is 2.51. The van der Waals surface area contributed by atoms with Crippen molar-refractivity contribution < 1.29 is 14.6 Å². The molecule has 1 aromatic rings. The largest absolute Gasteiger partial charge is 0.492 e. The van der Waals surface area contributed by atoms with Gasteiger partial charge >= 0.3 is 5.97 Å². The number of halogens is 1. The van der Waals surface area contributed by atoms with Gasteiger partial charge in [0, 0.05) is 0 Å². The zero-order valence-electron chi connectivity index (χ0n) is 10.4. The van der Waals surface area contributed by atoms with E-state index in [1.165, 1.54) is 0 Å². The summed E-state index contributed by atoms with van der Waals surface area (Å²) >= 11 is 6.14. The Balaban J connectivity index is 2.19. The fraction of sp³-hybridized carbons (Fsp3) is 0.500. The minimum Gasteiger partial charge on any atom is -0.492 e. The summed E-state index contributed by atoms with van der Waals surface area (Å²) in [7, 11) is 0. The van der Waals surface area contributed by atoms with Crippen LogP contribution in [0, 0.1) is 5.92 Å². The van der Waals surface area contributed by atoms with E-state index in [2.05, 4.69) is 0 Å². The van der Waals surface area contributed by atoms with E-state index in [-0.39, 0.29) is 12.3 Å². The van der Waals surface area contributed by atoms with Gasteiger partial charge < -0.3 is 9.84 Å². The van der Waals surface area contributed by atoms with Crippen molar-refractivity contribution in [1.82, 2.24) is 0 Å². The lowest BCUT2D eigenvalue weighted by Crippen LogP contribution is -2.08. The molecule has 1 aromatic carbocycles. The third kappa shape index (κ3) is 3.16. The maximum Gasteiger partial charge on any atom is 0.303 e.